The molecule has 0 fully saturated rings. The molecule has 0 amide bonds. The van der Waals surface area contributed by atoms with Crippen molar-refractivity contribution in [2.45, 2.75) is 116 Å². The second-order valence-corrected chi connectivity index (χ2v) is 12.6. The Morgan fingerprint density at radius 1 is 0.412 bits per heavy atom. The third-order valence-corrected chi connectivity index (χ3v) is 7.41. The molecule has 0 saturated carbocycles. The van der Waals surface area contributed by atoms with Gasteiger partial charge >= 0.3 is 0 Å². The zero-order valence-electron chi connectivity index (χ0n) is 24.1. The van der Waals surface area contributed by atoms with Crippen LogP contribution in [0.3, 0.4) is 0 Å². The molecule has 198 valence electrons. The summed E-state index contributed by atoms with van der Waals surface area (Å²) < 4.78 is 2.30. The Kier molecular flexibility index (Phi) is 17.7. The number of rotatable bonds is 23. The van der Waals surface area contributed by atoms with Crippen LogP contribution in [-0.2, 0) is 6.42 Å². The molecule has 0 atom stereocenters. The molecule has 0 unspecified atom stereocenters. The third kappa shape index (κ3) is 20.5. The monoisotopic (exact) mass is 474 g/mol. The van der Waals surface area contributed by atoms with Crippen molar-refractivity contribution in [2.75, 3.05) is 54.9 Å². The summed E-state index contributed by atoms with van der Waals surface area (Å²) in [6, 6.07) is 11.0. The van der Waals surface area contributed by atoms with E-state index in [-0.39, 0.29) is 0 Å². The van der Waals surface area contributed by atoms with E-state index in [2.05, 4.69) is 65.6 Å². The van der Waals surface area contributed by atoms with Gasteiger partial charge in [-0.25, -0.2) is 0 Å². The van der Waals surface area contributed by atoms with Crippen LogP contribution >= 0.6 is 0 Å². The van der Waals surface area contributed by atoms with Crippen LogP contribution in [0.5, 0.6) is 0 Å². The predicted molar refractivity (Wildman–Crippen MR) is 153 cm³/mol. The van der Waals surface area contributed by atoms with Gasteiger partial charge in [-0.3, -0.25) is 0 Å². The number of hydrogen-bond donors (Lipinski definition) is 0. The fourth-order valence-corrected chi connectivity index (χ4v) is 5.07. The van der Waals surface area contributed by atoms with Crippen LogP contribution in [0, 0.1) is 0 Å². The molecule has 34 heavy (non-hydrogen) atoms. The van der Waals surface area contributed by atoms with E-state index < -0.39 is 0 Å². The van der Waals surface area contributed by atoms with Crippen molar-refractivity contribution in [3.63, 3.8) is 0 Å². The summed E-state index contributed by atoms with van der Waals surface area (Å²) in [5, 5.41) is 0. The second kappa shape index (κ2) is 19.3. The van der Waals surface area contributed by atoms with Crippen LogP contribution in [0.25, 0.3) is 0 Å². The van der Waals surface area contributed by atoms with Gasteiger partial charge < -0.3 is 8.97 Å². The fraction of sp³-hybridized carbons (Fsp3) is 0.812. The Hall–Kier alpha value is -0.860. The van der Waals surface area contributed by atoms with E-state index in [1.807, 2.05) is 0 Å². The Labute approximate surface area is 215 Å². The molecule has 0 aromatic heterocycles. The molecule has 0 bridgehead atoms. The molecule has 1 aromatic carbocycles. The third-order valence-electron chi connectivity index (χ3n) is 7.41. The Balaban J connectivity index is 1.76. The maximum Gasteiger partial charge on any atom is 0.0836 e. The minimum atomic E-state index is 1.09. The second-order valence-electron chi connectivity index (χ2n) is 12.6. The van der Waals surface area contributed by atoms with Crippen LogP contribution in [0.15, 0.2) is 30.3 Å². The van der Waals surface area contributed by atoms with Crippen molar-refractivity contribution in [2.24, 2.45) is 0 Å². The van der Waals surface area contributed by atoms with Crippen LogP contribution in [0.4, 0.5) is 0 Å². The zero-order chi connectivity index (χ0) is 25.0. The number of quaternary nitrogens is 2. The Bertz CT molecular complexity index is 558. The molecule has 0 aliphatic carbocycles. The quantitative estimate of drug-likeness (QED) is 0.110. The molecule has 0 radical (unpaired) electrons. The van der Waals surface area contributed by atoms with E-state index in [4.69, 9.17) is 0 Å². The first-order valence-corrected chi connectivity index (χ1v) is 14.9. The lowest BCUT2D eigenvalue weighted by Gasteiger charge is -2.31. The number of nitrogens with zero attached hydrogens (tertiary/aromatic N) is 2. The van der Waals surface area contributed by atoms with Crippen LogP contribution < -0.4 is 0 Å². The first kappa shape index (κ1) is 31.2. The van der Waals surface area contributed by atoms with Gasteiger partial charge in [0.25, 0.3) is 0 Å². The highest BCUT2D eigenvalue weighted by Crippen LogP contribution is 2.15. The molecule has 1 aromatic rings. The molecule has 0 heterocycles. The minimum absolute atomic E-state index is 1.09. The smallest absolute Gasteiger partial charge is 0.0836 e. The topological polar surface area (TPSA) is 0 Å². The van der Waals surface area contributed by atoms with Gasteiger partial charge in [-0.05, 0) is 31.2 Å². The van der Waals surface area contributed by atoms with Gasteiger partial charge in [0.05, 0.1) is 54.9 Å². The average Bonchev–Trinajstić information content (AvgIpc) is 2.78. The van der Waals surface area contributed by atoms with E-state index in [0.717, 1.165) is 4.48 Å². The fourth-order valence-electron chi connectivity index (χ4n) is 5.07. The average molecular weight is 475 g/mol. The molecule has 0 spiro atoms. The van der Waals surface area contributed by atoms with Gasteiger partial charge in [-0.2, -0.15) is 0 Å². The predicted octanol–water partition coefficient (Wildman–Crippen LogP) is 8.64. The summed E-state index contributed by atoms with van der Waals surface area (Å²) in [6.07, 6.45) is 25.7. The maximum atomic E-state index is 2.42. The van der Waals surface area contributed by atoms with Crippen molar-refractivity contribution >= 4 is 0 Å². The van der Waals surface area contributed by atoms with Crippen LogP contribution in [0.1, 0.15) is 115 Å². The molecule has 1 rings (SSSR count). The zero-order valence-corrected chi connectivity index (χ0v) is 24.1. The lowest BCUT2D eigenvalue weighted by molar-refractivity contribution is -0.902. The number of benzene rings is 1. The summed E-state index contributed by atoms with van der Waals surface area (Å²) in [7, 11) is 11.7. The molecule has 2 heteroatoms. The summed E-state index contributed by atoms with van der Waals surface area (Å²) in [5.41, 5.74) is 1.50. The number of unbranched alkanes of at least 4 members (excludes halogenated alkanes) is 15. The number of hydrogen-bond acceptors (Lipinski definition) is 0. The van der Waals surface area contributed by atoms with Crippen molar-refractivity contribution < 1.29 is 8.97 Å². The minimum Gasteiger partial charge on any atom is -0.331 e. The lowest BCUT2D eigenvalue weighted by Crippen LogP contribution is -2.44. The SMILES string of the molecule is C[N+](C)(C)CCC[N+](C)(C)CCCCCCCCCCCCCCCCCCc1ccccc1. The lowest BCUT2D eigenvalue weighted by atomic mass is 10.0. The highest BCUT2D eigenvalue weighted by Gasteiger charge is 2.16. The van der Waals surface area contributed by atoms with Crippen molar-refractivity contribution in [1.29, 1.82) is 0 Å². The van der Waals surface area contributed by atoms with E-state index in [0.29, 0.717) is 0 Å². The van der Waals surface area contributed by atoms with E-state index >= 15 is 0 Å². The van der Waals surface area contributed by atoms with Crippen molar-refractivity contribution in [1.82, 2.24) is 0 Å². The van der Waals surface area contributed by atoms with Gasteiger partial charge in [-0.15, -0.1) is 0 Å². The molecule has 0 N–H and O–H groups in total. The van der Waals surface area contributed by atoms with Crippen LogP contribution in [0.2, 0.25) is 0 Å². The first-order chi connectivity index (χ1) is 16.3. The molecule has 0 saturated heterocycles. The van der Waals surface area contributed by atoms with Gasteiger partial charge in [0.1, 0.15) is 0 Å². The van der Waals surface area contributed by atoms with E-state index in [9.17, 15) is 0 Å². The van der Waals surface area contributed by atoms with Crippen molar-refractivity contribution in [3.05, 3.63) is 35.9 Å². The maximum absolute atomic E-state index is 2.42. The Morgan fingerprint density at radius 2 is 0.794 bits per heavy atom. The molecular formula is C32H62N2+2. The molecule has 0 aliphatic heterocycles. The number of aryl methyl sites for hydroxylation is 1. The highest BCUT2D eigenvalue weighted by atomic mass is 15.3. The van der Waals surface area contributed by atoms with Gasteiger partial charge in [0.2, 0.25) is 0 Å². The molecule has 0 aliphatic rings. The van der Waals surface area contributed by atoms with Crippen LogP contribution in [-0.4, -0.2) is 63.8 Å². The van der Waals surface area contributed by atoms with Gasteiger partial charge in [-0.1, -0.05) is 114 Å². The summed E-state index contributed by atoms with van der Waals surface area (Å²) in [6.45, 7) is 3.96. The first-order valence-electron chi connectivity index (χ1n) is 14.9. The van der Waals surface area contributed by atoms with E-state index in [1.54, 1.807) is 0 Å². The summed E-state index contributed by atoms with van der Waals surface area (Å²) in [4.78, 5) is 0. The van der Waals surface area contributed by atoms with Gasteiger partial charge in [0.15, 0.2) is 0 Å². The summed E-state index contributed by atoms with van der Waals surface area (Å²) >= 11 is 0. The van der Waals surface area contributed by atoms with Gasteiger partial charge in [0, 0.05) is 6.42 Å². The standard InChI is InChI=1S/C32H62N2/c1-33(2,3)29-25-31-34(4,5)30-24-19-17-15-13-11-9-7-6-8-10-12-14-16-18-21-26-32-27-22-20-23-28-32/h20,22-23,27-28H,6-19,21,24-26,29-31H2,1-5H3/q+2. The largest absolute Gasteiger partial charge is 0.331 e. The normalized spacial score (nSPS) is 12.4. The van der Waals surface area contributed by atoms with E-state index in [1.165, 1.54) is 145 Å². The van der Waals surface area contributed by atoms with Crippen molar-refractivity contribution in [3.8, 4) is 0 Å². The highest BCUT2D eigenvalue weighted by molar-refractivity contribution is 5.14. The molecular weight excluding hydrogens is 412 g/mol. The summed E-state index contributed by atoms with van der Waals surface area (Å²) in [5.74, 6) is 0. The Morgan fingerprint density at radius 3 is 1.24 bits per heavy atom. The molecule has 2 nitrogen and oxygen atoms in total.